The third-order valence-electron chi connectivity index (χ3n) is 8.20. The summed E-state index contributed by atoms with van der Waals surface area (Å²) < 4.78 is 58.3. The molecule has 0 bridgehead atoms. The second-order valence-electron chi connectivity index (χ2n) is 13.4. The molecule has 1 aliphatic heterocycles. The zero-order valence-corrected chi connectivity index (χ0v) is 30.1. The fourth-order valence-electron chi connectivity index (χ4n) is 4.44. The van der Waals surface area contributed by atoms with Crippen molar-refractivity contribution in [2.45, 2.75) is 94.8 Å². The summed E-state index contributed by atoms with van der Waals surface area (Å²) in [4.78, 5) is 24.5. The van der Waals surface area contributed by atoms with Crippen molar-refractivity contribution in [2.75, 3.05) is 24.4 Å². The third-order valence-corrected chi connectivity index (χ3v) is 15.6. The molecule has 0 spiro atoms. The number of carbonyl (C=O) groups excluding carboxylic acids is 1. The highest BCUT2D eigenvalue weighted by Gasteiger charge is 2.43. The molecule has 1 saturated heterocycles. The molecule has 0 aliphatic carbocycles. The quantitative estimate of drug-likeness (QED) is 0.0739. The molecule has 3 heterocycles. The number of nitrogens with zero attached hydrogens (tertiary/aromatic N) is 4. The average Bonchev–Trinajstić information content (AvgIpc) is 3.61. The Kier molecular flexibility index (Phi) is 11.9. The Hall–Kier alpha value is -2.41. The van der Waals surface area contributed by atoms with Gasteiger partial charge in [-0.3, -0.25) is 9.36 Å². The Morgan fingerprint density at radius 2 is 1.85 bits per heavy atom. The first-order chi connectivity index (χ1) is 21.9. The monoisotopic (exact) mass is 716 g/mol. The first-order valence-electron chi connectivity index (χ1n) is 15.1. The van der Waals surface area contributed by atoms with Crippen LogP contribution in [0.15, 0.2) is 43.0 Å². The van der Waals surface area contributed by atoms with Gasteiger partial charge in [0.15, 0.2) is 31.5 Å². The highest BCUT2D eigenvalue weighted by molar-refractivity contribution is 8.77. The molecule has 1 aliphatic rings. The molecular weight excluding hydrogens is 674 g/mol. The number of rotatable bonds is 14. The molecule has 11 nitrogen and oxygen atoms in total. The molecule has 4 rings (SSSR count). The SMILES string of the molecule is CC(C)(CNC(=O)C(F)(F)F)SSCOC1C[C@H](n2cnc3c(NC(O)c4ccccc4)ncnc32)O[C@@H]1CO[Si](C)(C)C(C)(C)C. The number of benzene rings is 1. The van der Waals surface area contributed by atoms with Crippen molar-refractivity contribution in [2.24, 2.45) is 0 Å². The Morgan fingerprint density at radius 3 is 2.51 bits per heavy atom. The van der Waals surface area contributed by atoms with Crippen LogP contribution in [0.25, 0.3) is 11.2 Å². The largest absolute Gasteiger partial charge is 0.471 e. The topological polar surface area (TPSA) is 133 Å². The zero-order valence-electron chi connectivity index (χ0n) is 27.5. The van der Waals surface area contributed by atoms with Crippen LogP contribution in [0.2, 0.25) is 18.1 Å². The van der Waals surface area contributed by atoms with Crippen LogP contribution in [0.1, 0.15) is 59.1 Å². The van der Waals surface area contributed by atoms with Gasteiger partial charge in [0.2, 0.25) is 0 Å². The molecule has 2 aromatic heterocycles. The zero-order chi connectivity index (χ0) is 34.6. The van der Waals surface area contributed by atoms with E-state index < -0.39 is 43.7 Å². The van der Waals surface area contributed by atoms with Gasteiger partial charge >= 0.3 is 12.1 Å². The van der Waals surface area contributed by atoms with Crippen LogP contribution in [0.4, 0.5) is 19.0 Å². The molecule has 2 unspecified atom stereocenters. The predicted molar refractivity (Wildman–Crippen MR) is 180 cm³/mol. The van der Waals surface area contributed by atoms with E-state index in [0.29, 0.717) is 35.6 Å². The van der Waals surface area contributed by atoms with Crippen LogP contribution < -0.4 is 10.6 Å². The maximum absolute atomic E-state index is 12.6. The van der Waals surface area contributed by atoms with E-state index in [0.717, 1.165) is 0 Å². The fourth-order valence-corrected chi connectivity index (χ4v) is 7.63. The van der Waals surface area contributed by atoms with Crippen LogP contribution >= 0.6 is 21.6 Å². The van der Waals surface area contributed by atoms with Gasteiger partial charge in [-0.1, -0.05) is 72.7 Å². The summed E-state index contributed by atoms with van der Waals surface area (Å²) in [5, 5.41) is 15.7. The minimum absolute atomic E-state index is 0.00778. The number of imidazole rings is 1. The molecule has 0 saturated carbocycles. The van der Waals surface area contributed by atoms with Crippen molar-refractivity contribution < 1.29 is 37.0 Å². The van der Waals surface area contributed by atoms with Crippen molar-refractivity contribution in [3.8, 4) is 0 Å². The maximum atomic E-state index is 12.6. The second-order valence-corrected chi connectivity index (χ2v) is 21.2. The van der Waals surface area contributed by atoms with Crippen LogP contribution in [0, 0.1) is 0 Å². The number of carbonyl (C=O) groups is 1. The smallest absolute Gasteiger partial charge is 0.414 e. The third kappa shape index (κ3) is 9.83. The van der Waals surface area contributed by atoms with Gasteiger partial charge in [-0.2, -0.15) is 13.2 Å². The van der Waals surface area contributed by atoms with Gasteiger partial charge in [-0.25, -0.2) is 15.0 Å². The van der Waals surface area contributed by atoms with Crippen molar-refractivity contribution in [3.63, 3.8) is 0 Å². The number of aliphatic hydroxyl groups is 1. The second kappa shape index (κ2) is 15.0. The Bertz CT molecular complexity index is 1490. The predicted octanol–water partition coefficient (Wildman–Crippen LogP) is 6.42. The lowest BCUT2D eigenvalue weighted by atomic mass is 10.2. The summed E-state index contributed by atoms with van der Waals surface area (Å²) in [7, 11) is 0.561. The molecule has 1 aromatic carbocycles. The Labute approximate surface area is 281 Å². The number of amides is 1. The Morgan fingerprint density at radius 1 is 1.15 bits per heavy atom. The molecule has 3 N–H and O–H groups in total. The van der Waals surface area contributed by atoms with E-state index in [9.17, 15) is 23.1 Å². The maximum Gasteiger partial charge on any atom is 0.471 e. The average molecular weight is 717 g/mol. The molecular formula is C30H43F3N6O5S2Si. The number of hydrogen-bond acceptors (Lipinski definition) is 11. The minimum atomic E-state index is -4.92. The molecule has 0 radical (unpaired) electrons. The van der Waals surface area contributed by atoms with E-state index in [2.05, 4.69) is 54.1 Å². The number of ether oxygens (including phenoxy) is 2. The highest BCUT2D eigenvalue weighted by Crippen LogP contribution is 2.40. The normalized spacial score (nSPS) is 20.0. The number of aliphatic hydroxyl groups excluding tert-OH is 1. The van der Waals surface area contributed by atoms with E-state index in [1.165, 1.54) is 27.9 Å². The van der Waals surface area contributed by atoms with Gasteiger partial charge in [-0.15, -0.1) is 0 Å². The summed E-state index contributed by atoms with van der Waals surface area (Å²) in [6.07, 6.45) is -3.68. The van der Waals surface area contributed by atoms with Crippen LogP contribution in [-0.2, 0) is 18.7 Å². The molecule has 17 heteroatoms. The molecule has 47 heavy (non-hydrogen) atoms. The summed E-state index contributed by atoms with van der Waals surface area (Å²) in [6.45, 7) is 14.5. The van der Waals surface area contributed by atoms with Crippen LogP contribution in [-0.4, -0.2) is 81.1 Å². The summed E-state index contributed by atoms with van der Waals surface area (Å²) in [6, 6.07) is 9.14. The van der Waals surface area contributed by atoms with E-state index in [-0.39, 0.29) is 23.6 Å². The van der Waals surface area contributed by atoms with Gasteiger partial charge in [-0.05, 0) is 32.0 Å². The van der Waals surface area contributed by atoms with E-state index in [1.54, 1.807) is 32.3 Å². The number of hydrogen-bond donors (Lipinski definition) is 3. The van der Waals surface area contributed by atoms with E-state index >= 15 is 0 Å². The number of anilines is 1. The molecule has 4 atom stereocenters. The van der Waals surface area contributed by atoms with E-state index in [4.69, 9.17) is 13.9 Å². The standard InChI is InChI=1S/C30H43F3N6O5S2Si/c1-28(2,3)47(6,7)43-14-21-20(42-18-45-46-29(4,5)15-34-27(41)30(31,32)33)13-22(44-21)39-17-37-23-24(35-16-36-25(23)39)38-26(40)19-11-9-8-10-12-19/h8-12,16-17,20-22,26,40H,13-15,18H2,1-7H3,(H,34,41)(H,35,36,38)/t20?,21-,22-,26?/m1/s1. The van der Waals surface area contributed by atoms with Gasteiger partial charge in [0.25, 0.3) is 0 Å². The first kappa shape index (κ1) is 37.4. The molecule has 1 fully saturated rings. The lowest BCUT2D eigenvalue weighted by Gasteiger charge is -2.37. The van der Waals surface area contributed by atoms with Gasteiger partial charge in [0.1, 0.15) is 24.6 Å². The number of halogens is 3. The lowest BCUT2D eigenvalue weighted by Crippen LogP contribution is -2.44. The summed E-state index contributed by atoms with van der Waals surface area (Å²) >= 11 is 0. The fraction of sp³-hybridized carbons (Fsp3) is 0.600. The Balaban J connectivity index is 1.44. The number of alkyl halides is 3. The van der Waals surface area contributed by atoms with Gasteiger partial charge in [0, 0.05) is 23.3 Å². The first-order valence-corrected chi connectivity index (χ1v) is 20.3. The van der Waals surface area contributed by atoms with Crippen LogP contribution in [0.3, 0.4) is 0 Å². The van der Waals surface area contributed by atoms with Gasteiger partial charge < -0.3 is 29.6 Å². The number of aromatic nitrogens is 4. The van der Waals surface area contributed by atoms with Crippen molar-refractivity contribution in [1.82, 2.24) is 24.8 Å². The summed E-state index contributed by atoms with van der Waals surface area (Å²) in [5.74, 6) is -1.35. The van der Waals surface area contributed by atoms with Crippen molar-refractivity contribution in [3.05, 3.63) is 48.5 Å². The van der Waals surface area contributed by atoms with E-state index in [1.807, 2.05) is 28.1 Å². The molecule has 260 valence electrons. The van der Waals surface area contributed by atoms with Crippen LogP contribution in [0.5, 0.6) is 0 Å². The molecule has 1 amide bonds. The minimum Gasteiger partial charge on any atom is -0.414 e. The molecule has 3 aromatic rings. The summed E-state index contributed by atoms with van der Waals surface area (Å²) in [5.41, 5.74) is 1.66. The van der Waals surface area contributed by atoms with Crippen molar-refractivity contribution in [1.29, 1.82) is 0 Å². The lowest BCUT2D eigenvalue weighted by molar-refractivity contribution is -0.173. The van der Waals surface area contributed by atoms with Crippen molar-refractivity contribution >= 4 is 52.8 Å². The van der Waals surface area contributed by atoms with Gasteiger partial charge in [0.05, 0.1) is 19.0 Å². The highest BCUT2D eigenvalue weighted by atomic mass is 33.1. The number of nitrogens with one attached hydrogen (secondary N) is 2. The number of fused-ring (bicyclic) bond motifs is 1.